The molecule has 0 aliphatic heterocycles. The number of nitrogens with zero attached hydrogens (tertiary/aromatic N) is 2. The van der Waals surface area contributed by atoms with E-state index in [1.54, 1.807) is 0 Å². The first-order valence-corrected chi connectivity index (χ1v) is 12.0. The second-order valence-corrected chi connectivity index (χ2v) is 8.23. The van der Waals surface area contributed by atoms with Crippen molar-refractivity contribution in [3.63, 3.8) is 0 Å². The van der Waals surface area contributed by atoms with Crippen molar-refractivity contribution < 1.29 is 0 Å². The molecule has 1 aromatic carbocycles. The van der Waals surface area contributed by atoms with Crippen LogP contribution in [0.1, 0.15) is 115 Å². The topological polar surface area (TPSA) is 24.7 Å². The van der Waals surface area contributed by atoms with Gasteiger partial charge < -0.3 is 0 Å². The lowest BCUT2D eigenvalue weighted by molar-refractivity contribution is 0.536. The highest BCUT2D eigenvalue weighted by atomic mass is 14.8. The SMILES string of the molecule is CCCCCCCCCCCCCCCCN=C=NCC(C)c1ccccc1. The van der Waals surface area contributed by atoms with Gasteiger partial charge in [-0.3, -0.25) is 0 Å². The van der Waals surface area contributed by atoms with Crippen LogP contribution in [0.3, 0.4) is 0 Å². The standard InChI is InChI=1S/C26H44N2/c1-3-4-5-6-7-8-9-10-11-12-13-14-15-19-22-27-24-28-23-25(2)26-20-17-16-18-21-26/h16-18,20-21,25H,3-15,19,22-23H2,1-2H3. The summed E-state index contributed by atoms with van der Waals surface area (Å²) < 4.78 is 0. The summed E-state index contributed by atoms with van der Waals surface area (Å²) in [5, 5.41) is 0. The molecule has 0 spiro atoms. The quantitative estimate of drug-likeness (QED) is 0.179. The zero-order valence-corrected chi connectivity index (χ0v) is 18.7. The summed E-state index contributed by atoms with van der Waals surface area (Å²) in [6.07, 6.45) is 19.5. The van der Waals surface area contributed by atoms with Crippen molar-refractivity contribution in [1.82, 2.24) is 0 Å². The Morgan fingerprint density at radius 3 is 1.71 bits per heavy atom. The highest BCUT2D eigenvalue weighted by molar-refractivity contribution is 5.41. The molecule has 0 heterocycles. The summed E-state index contributed by atoms with van der Waals surface area (Å²) in [7, 11) is 0. The second-order valence-electron chi connectivity index (χ2n) is 8.23. The maximum atomic E-state index is 4.33. The van der Waals surface area contributed by atoms with Gasteiger partial charge in [0.15, 0.2) is 0 Å². The fraction of sp³-hybridized carbons (Fsp3) is 0.731. The Morgan fingerprint density at radius 1 is 0.679 bits per heavy atom. The molecule has 1 aromatic rings. The number of hydrogen-bond donors (Lipinski definition) is 0. The number of rotatable bonds is 18. The predicted molar refractivity (Wildman–Crippen MR) is 125 cm³/mol. The fourth-order valence-corrected chi connectivity index (χ4v) is 3.55. The lowest BCUT2D eigenvalue weighted by Crippen LogP contribution is -1.96. The van der Waals surface area contributed by atoms with Crippen LogP contribution in [0.5, 0.6) is 0 Å². The predicted octanol–water partition coefficient (Wildman–Crippen LogP) is 8.45. The zero-order valence-electron chi connectivity index (χ0n) is 18.7. The van der Waals surface area contributed by atoms with Gasteiger partial charge in [-0.1, -0.05) is 128 Å². The van der Waals surface area contributed by atoms with Gasteiger partial charge in [-0.25, -0.2) is 9.98 Å². The van der Waals surface area contributed by atoms with Crippen LogP contribution in [0.4, 0.5) is 0 Å². The van der Waals surface area contributed by atoms with E-state index in [-0.39, 0.29) is 0 Å². The average molecular weight is 385 g/mol. The van der Waals surface area contributed by atoms with Crippen molar-refractivity contribution in [3.8, 4) is 0 Å². The Labute approximate surface area is 175 Å². The number of unbranched alkanes of at least 4 members (excludes halogenated alkanes) is 13. The second kappa shape index (κ2) is 18.9. The molecule has 0 fully saturated rings. The monoisotopic (exact) mass is 384 g/mol. The molecule has 0 N–H and O–H groups in total. The van der Waals surface area contributed by atoms with Gasteiger partial charge in [-0.05, 0) is 12.0 Å². The van der Waals surface area contributed by atoms with Gasteiger partial charge in [0.2, 0.25) is 0 Å². The van der Waals surface area contributed by atoms with Gasteiger partial charge in [-0.2, -0.15) is 0 Å². The first-order chi connectivity index (χ1) is 13.8. The third-order valence-corrected chi connectivity index (χ3v) is 5.50. The Morgan fingerprint density at radius 2 is 1.18 bits per heavy atom. The summed E-state index contributed by atoms with van der Waals surface area (Å²) in [6.45, 7) is 6.14. The Balaban J connectivity index is 1.84. The molecule has 0 radical (unpaired) electrons. The Bertz CT molecular complexity index is 502. The highest BCUT2D eigenvalue weighted by Crippen LogP contribution is 2.14. The molecular formula is C26H44N2. The van der Waals surface area contributed by atoms with Crippen LogP contribution in [0.2, 0.25) is 0 Å². The van der Waals surface area contributed by atoms with E-state index in [2.05, 4.69) is 60.2 Å². The van der Waals surface area contributed by atoms with Crippen molar-refractivity contribution in [2.75, 3.05) is 13.1 Å². The number of hydrogen-bond acceptors (Lipinski definition) is 2. The molecule has 2 nitrogen and oxygen atoms in total. The van der Waals surface area contributed by atoms with Crippen LogP contribution >= 0.6 is 0 Å². The van der Waals surface area contributed by atoms with Crippen LogP contribution in [-0.2, 0) is 0 Å². The van der Waals surface area contributed by atoms with E-state index in [1.807, 2.05) is 0 Å². The van der Waals surface area contributed by atoms with E-state index in [1.165, 1.54) is 95.5 Å². The Kier molecular flexibility index (Phi) is 16.7. The lowest BCUT2D eigenvalue weighted by Gasteiger charge is -2.06. The molecule has 0 saturated carbocycles. The summed E-state index contributed by atoms with van der Waals surface area (Å²) >= 11 is 0. The minimum Gasteiger partial charge on any atom is -0.226 e. The molecule has 158 valence electrons. The normalized spacial score (nSPS) is 11.8. The molecule has 28 heavy (non-hydrogen) atoms. The van der Waals surface area contributed by atoms with E-state index in [9.17, 15) is 0 Å². The van der Waals surface area contributed by atoms with Crippen molar-refractivity contribution >= 4 is 6.01 Å². The lowest BCUT2D eigenvalue weighted by atomic mass is 10.0. The third kappa shape index (κ3) is 14.6. The van der Waals surface area contributed by atoms with Gasteiger partial charge in [0.25, 0.3) is 0 Å². The van der Waals surface area contributed by atoms with Crippen LogP contribution in [-0.4, -0.2) is 19.1 Å². The number of aliphatic imine (C=N–C) groups is 2. The van der Waals surface area contributed by atoms with Crippen LogP contribution in [0, 0.1) is 0 Å². The molecule has 2 heteroatoms. The first-order valence-electron chi connectivity index (χ1n) is 12.0. The smallest absolute Gasteiger partial charge is 0.0892 e. The van der Waals surface area contributed by atoms with E-state index >= 15 is 0 Å². The largest absolute Gasteiger partial charge is 0.226 e. The van der Waals surface area contributed by atoms with Gasteiger partial charge in [-0.15, -0.1) is 0 Å². The molecule has 1 unspecified atom stereocenters. The zero-order chi connectivity index (χ0) is 20.1. The van der Waals surface area contributed by atoms with Gasteiger partial charge in [0, 0.05) is 12.5 Å². The number of benzene rings is 1. The van der Waals surface area contributed by atoms with Crippen LogP contribution in [0.25, 0.3) is 0 Å². The summed E-state index contributed by atoms with van der Waals surface area (Å²) in [5.41, 5.74) is 1.33. The molecule has 0 saturated heterocycles. The fourth-order valence-electron chi connectivity index (χ4n) is 3.55. The van der Waals surface area contributed by atoms with Gasteiger partial charge in [0.1, 0.15) is 0 Å². The van der Waals surface area contributed by atoms with Crippen molar-refractivity contribution in [1.29, 1.82) is 0 Å². The van der Waals surface area contributed by atoms with Gasteiger partial charge >= 0.3 is 0 Å². The Hall–Kier alpha value is -1.40. The molecule has 1 atom stereocenters. The molecule has 0 aromatic heterocycles. The van der Waals surface area contributed by atoms with Crippen LogP contribution < -0.4 is 0 Å². The molecular weight excluding hydrogens is 340 g/mol. The van der Waals surface area contributed by atoms with E-state index in [0.29, 0.717) is 5.92 Å². The molecule has 0 aliphatic rings. The molecule has 0 aliphatic carbocycles. The minimum absolute atomic E-state index is 0.435. The van der Waals surface area contributed by atoms with E-state index in [0.717, 1.165) is 13.1 Å². The summed E-state index contributed by atoms with van der Waals surface area (Å²) in [4.78, 5) is 8.65. The molecule has 0 amide bonds. The third-order valence-electron chi connectivity index (χ3n) is 5.50. The molecule has 0 bridgehead atoms. The van der Waals surface area contributed by atoms with Crippen molar-refractivity contribution in [3.05, 3.63) is 35.9 Å². The highest BCUT2D eigenvalue weighted by Gasteiger charge is 2.02. The minimum atomic E-state index is 0.435. The summed E-state index contributed by atoms with van der Waals surface area (Å²) in [5.74, 6) is 0.435. The average Bonchev–Trinajstić information content (AvgIpc) is 2.73. The van der Waals surface area contributed by atoms with Crippen LogP contribution in [0.15, 0.2) is 40.3 Å². The van der Waals surface area contributed by atoms with Crippen molar-refractivity contribution in [2.24, 2.45) is 9.98 Å². The maximum Gasteiger partial charge on any atom is 0.0892 e. The maximum absolute atomic E-state index is 4.33. The molecule has 1 rings (SSSR count). The first kappa shape index (κ1) is 24.6. The van der Waals surface area contributed by atoms with E-state index in [4.69, 9.17) is 0 Å². The van der Waals surface area contributed by atoms with Gasteiger partial charge in [0.05, 0.1) is 12.6 Å². The van der Waals surface area contributed by atoms with Crippen molar-refractivity contribution in [2.45, 2.75) is 110 Å². The van der Waals surface area contributed by atoms with E-state index < -0.39 is 0 Å². The summed E-state index contributed by atoms with van der Waals surface area (Å²) in [6, 6.07) is 13.4.